The van der Waals surface area contributed by atoms with Crippen LogP contribution in [0.2, 0.25) is 0 Å². The summed E-state index contributed by atoms with van der Waals surface area (Å²) in [6, 6.07) is 13.8. The molecule has 2 rings (SSSR count). The van der Waals surface area contributed by atoms with Crippen LogP contribution in [-0.4, -0.2) is 18.8 Å². The summed E-state index contributed by atoms with van der Waals surface area (Å²) >= 11 is 0. The highest BCUT2D eigenvalue weighted by molar-refractivity contribution is 5.78. The second-order valence-corrected chi connectivity index (χ2v) is 4.48. The minimum Gasteiger partial charge on any atom is -0.398 e. The van der Waals surface area contributed by atoms with Crippen molar-refractivity contribution in [2.45, 2.75) is 13.0 Å². The first-order valence-electron chi connectivity index (χ1n) is 6.32. The molecular formula is C16H19NO2. The zero-order chi connectivity index (χ0) is 13.7. The van der Waals surface area contributed by atoms with Gasteiger partial charge in [0.15, 0.2) is 0 Å². The van der Waals surface area contributed by atoms with Gasteiger partial charge in [-0.1, -0.05) is 42.5 Å². The van der Waals surface area contributed by atoms with Gasteiger partial charge in [0.1, 0.15) is 0 Å². The molecule has 3 heteroatoms. The first-order chi connectivity index (χ1) is 9.26. The van der Waals surface area contributed by atoms with Crippen molar-refractivity contribution in [1.29, 1.82) is 0 Å². The fraction of sp³-hybridized carbons (Fsp3) is 0.250. The van der Waals surface area contributed by atoms with E-state index in [-0.39, 0.29) is 6.61 Å². The van der Waals surface area contributed by atoms with Crippen LogP contribution >= 0.6 is 0 Å². The summed E-state index contributed by atoms with van der Waals surface area (Å²) in [5.74, 6) is 0. The largest absolute Gasteiger partial charge is 0.398 e. The van der Waals surface area contributed by atoms with Crippen LogP contribution in [0, 0.1) is 0 Å². The molecule has 0 heterocycles. The monoisotopic (exact) mass is 257 g/mol. The molecule has 0 aliphatic heterocycles. The van der Waals surface area contributed by atoms with Gasteiger partial charge in [-0.15, -0.1) is 0 Å². The van der Waals surface area contributed by atoms with E-state index in [9.17, 15) is 0 Å². The number of hydrogen-bond donors (Lipinski definition) is 2. The zero-order valence-corrected chi connectivity index (χ0v) is 11.1. The summed E-state index contributed by atoms with van der Waals surface area (Å²) in [4.78, 5) is 0. The standard InChI is InChI=1S/C16H19NO2/c1-19-10-9-14-3-2-4-15(16(14)17)13-7-5-12(11-18)6-8-13/h2-8,18H,9-11,17H2,1H3. The Morgan fingerprint density at radius 3 is 2.47 bits per heavy atom. The Morgan fingerprint density at radius 2 is 1.84 bits per heavy atom. The van der Waals surface area contributed by atoms with Gasteiger partial charge in [0, 0.05) is 18.4 Å². The van der Waals surface area contributed by atoms with E-state index in [1.165, 1.54) is 0 Å². The van der Waals surface area contributed by atoms with Crippen LogP contribution in [0.1, 0.15) is 11.1 Å². The highest BCUT2D eigenvalue weighted by Crippen LogP contribution is 2.29. The van der Waals surface area contributed by atoms with Crippen molar-refractivity contribution >= 4 is 5.69 Å². The molecule has 0 amide bonds. The zero-order valence-electron chi connectivity index (χ0n) is 11.1. The summed E-state index contributed by atoms with van der Waals surface area (Å²) in [5.41, 5.74) is 11.1. The predicted molar refractivity (Wildman–Crippen MR) is 77.8 cm³/mol. The number of anilines is 1. The highest BCUT2D eigenvalue weighted by Gasteiger charge is 2.07. The van der Waals surface area contributed by atoms with E-state index in [1.54, 1.807) is 7.11 Å². The number of aliphatic hydroxyl groups is 1. The predicted octanol–water partition coefficient (Wildman–Crippen LogP) is 2.62. The van der Waals surface area contributed by atoms with Gasteiger partial charge in [-0.3, -0.25) is 0 Å². The van der Waals surface area contributed by atoms with Crippen LogP contribution in [0.15, 0.2) is 42.5 Å². The van der Waals surface area contributed by atoms with Crippen molar-refractivity contribution < 1.29 is 9.84 Å². The molecule has 3 N–H and O–H groups in total. The third kappa shape index (κ3) is 3.13. The molecule has 0 unspecified atom stereocenters. The van der Waals surface area contributed by atoms with E-state index in [0.717, 1.165) is 34.4 Å². The maximum Gasteiger partial charge on any atom is 0.0681 e. The van der Waals surface area contributed by atoms with Crippen LogP contribution in [0.4, 0.5) is 5.69 Å². The van der Waals surface area contributed by atoms with Gasteiger partial charge >= 0.3 is 0 Å². The maximum absolute atomic E-state index is 9.06. The molecule has 0 aromatic heterocycles. The van der Waals surface area contributed by atoms with Crippen molar-refractivity contribution in [1.82, 2.24) is 0 Å². The lowest BCUT2D eigenvalue weighted by Crippen LogP contribution is -2.01. The number of methoxy groups -OCH3 is 1. The van der Waals surface area contributed by atoms with Crippen LogP contribution < -0.4 is 5.73 Å². The number of rotatable bonds is 5. The summed E-state index contributed by atoms with van der Waals surface area (Å²) in [5, 5.41) is 9.06. The molecule has 0 saturated carbocycles. The molecule has 2 aromatic carbocycles. The lowest BCUT2D eigenvalue weighted by atomic mass is 9.98. The molecular weight excluding hydrogens is 238 g/mol. The van der Waals surface area contributed by atoms with E-state index >= 15 is 0 Å². The van der Waals surface area contributed by atoms with E-state index in [2.05, 4.69) is 0 Å². The molecule has 0 aliphatic carbocycles. The summed E-state index contributed by atoms with van der Waals surface area (Å²) < 4.78 is 5.09. The fourth-order valence-corrected chi connectivity index (χ4v) is 2.08. The first-order valence-corrected chi connectivity index (χ1v) is 6.32. The van der Waals surface area contributed by atoms with Gasteiger partial charge in [0.2, 0.25) is 0 Å². The number of nitrogens with two attached hydrogens (primary N) is 1. The Morgan fingerprint density at radius 1 is 1.11 bits per heavy atom. The van der Waals surface area contributed by atoms with Crippen LogP contribution in [0.5, 0.6) is 0 Å². The van der Waals surface area contributed by atoms with Crippen LogP contribution in [-0.2, 0) is 17.8 Å². The van der Waals surface area contributed by atoms with E-state index in [1.807, 2.05) is 42.5 Å². The van der Waals surface area contributed by atoms with Crippen molar-refractivity contribution in [3.8, 4) is 11.1 Å². The number of hydrogen-bond acceptors (Lipinski definition) is 3. The van der Waals surface area contributed by atoms with Crippen molar-refractivity contribution in [3.05, 3.63) is 53.6 Å². The number of nitrogen functional groups attached to an aromatic ring is 1. The third-order valence-electron chi connectivity index (χ3n) is 3.22. The molecule has 19 heavy (non-hydrogen) atoms. The van der Waals surface area contributed by atoms with Gasteiger partial charge in [-0.2, -0.15) is 0 Å². The molecule has 0 aliphatic rings. The Hall–Kier alpha value is -1.84. The summed E-state index contributed by atoms with van der Waals surface area (Å²) in [6.45, 7) is 0.723. The molecule has 0 radical (unpaired) electrons. The van der Waals surface area contributed by atoms with Gasteiger partial charge in [-0.05, 0) is 23.1 Å². The SMILES string of the molecule is COCCc1cccc(-c2ccc(CO)cc2)c1N. The number of benzene rings is 2. The minimum atomic E-state index is 0.0592. The van der Waals surface area contributed by atoms with Crippen molar-refractivity contribution in [2.24, 2.45) is 0 Å². The quantitative estimate of drug-likeness (QED) is 0.810. The molecule has 0 saturated heterocycles. The minimum absolute atomic E-state index is 0.0592. The molecule has 0 spiro atoms. The summed E-state index contributed by atoms with van der Waals surface area (Å²) in [7, 11) is 1.69. The van der Waals surface area contributed by atoms with E-state index in [4.69, 9.17) is 15.6 Å². The Kier molecular flexibility index (Phi) is 4.55. The van der Waals surface area contributed by atoms with Crippen molar-refractivity contribution in [3.63, 3.8) is 0 Å². The van der Waals surface area contributed by atoms with E-state index < -0.39 is 0 Å². The highest BCUT2D eigenvalue weighted by atomic mass is 16.5. The fourth-order valence-electron chi connectivity index (χ4n) is 2.08. The van der Waals surface area contributed by atoms with E-state index in [0.29, 0.717) is 6.61 Å². The van der Waals surface area contributed by atoms with Crippen LogP contribution in [0.3, 0.4) is 0 Å². The lowest BCUT2D eigenvalue weighted by Gasteiger charge is -2.11. The van der Waals surface area contributed by atoms with Gasteiger partial charge in [0.05, 0.1) is 13.2 Å². The Bertz CT molecular complexity index is 535. The van der Waals surface area contributed by atoms with Gasteiger partial charge < -0.3 is 15.6 Å². The summed E-state index contributed by atoms with van der Waals surface area (Å²) in [6.07, 6.45) is 0.810. The average molecular weight is 257 g/mol. The lowest BCUT2D eigenvalue weighted by molar-refractivity contribution is 0.202. The first kappa shape index (κ1) is 13.6. The molecule has 3 nitrogen and oxygen atoms in total. The smallest absolute Gasteiger partial charge is 0.0681 e. The number of aliphatic hydroxyl groups excluding tert-OH is 1. The second kappa shape index (κ2) is 6.36. The molecule has 0 fully saturated rings. The normalized spacial score (nSPS) is 10.6. The topological polar surface area (TPSA) is 55.5 Å². The molecule has 2 aromatic rings. The Balaban J connectivity index is 2.32. The van der Waals surface area contributed by atoms with Gasteiger partial charge in [0.25, 0.3) is 0 Å². The number of para-hydroxylation sites is 1. The molecule has 0 bridgehead atoms. The second-order valence-electron chi connectivity index (χ2n) is 4.48. The van der Waals surface area contributed by atoms with Gasteiger partial charge in [-0.25, -0.2) is 0 Å². The third-order valence-corrected chi connectivity index (χ3v) is 3.22. The van der Waals surface area contributed by atoms with Crippen LogP contribution in [0.25, 0.3) is 11.1 Å². The average Bonchev–Trinajstić information content (AvgIpc) is 2.46. The number of ether oxygens (including phenoxy) is 1. The molecule has 100 valence electrons. The van der Waals surface area contributed by atoms with Crippen molar-refractivity contribution in [2.75, 3.05) is 19.5 Å². The maximum atomic E-state index is 9.06. The molecule has 0 atom stereocenters. The Labute approximate surface area is 113 Å².